The number of allylic oxidation sites excluding steroid dienone is 1. The molecule has 0 radical (unpaired) electrons. The van der Waals surface area contributed by atoms with Crippen molar-refractivity contribution in [2.75, 3.05) is 6.54 Å². The van der Waals surface area contributed by atoms with Gasteiger partial charge in [-0.05, 0) is 43.0 Å². The van der Waals surface area contributed by atoms with Crippen molar-refractivity contribution < 1.29 is 15.4 Å². The molecule has 90 valence electrons. The van der Waals surface area contributed by atoms with Crippen LogP contribution in [0, 0.1) is 0 Å². The molecule has 0 aliphatic carbocycles. The van der Waals surface area contributed by atoms with E-state index in [9.17, 15) is 10.3 Å². The van der Waals surface area contributed by atoms with Gasteiger partial charge < -0.3 is 10.2 Å². The number of hydrogen-bond donors (Lipinski definition) is 3. The van der Waals surface area contributed by atoms with Gasteiger partial charge in [0.15, 0.2) is 11.5 Å². The van der Waals surface area contributed by atoms with Gasteiger partial charge in [0.05, 0.1) is 5.70 Å². The van der Waals surface area contributed by atoms with E-state index in [-0.39, 0.29) is 11.5 Å². The predicted molar refractivity (Wildman–Crippen MR) is 63.6 cm³/mol. The summed E-state index contributed by atoms with van der Waals surface area (Å²) in [6, 6.07) is 4.55. The fraction of sp³-hybridized carbons (Fsp3) is 0.308. The first-order valence-corrected chi connectivity index (χ1v) is 5.61. The monoisotopic (exact) mass is 233 g/mol. The van der Waals surface area contributed by atoms with Crippen LogP contribution >= 0.6 is 0 Å². The Labute approximate surface area is 99.7 Å². The summed E-state index contributed by atoms with van der Waals surface area (Å²) in [5, 5.41) is 29.3. The summed E-state index contributed by atoms with van der Waals surface area (Å²) >= 11 is 0. The molecule has 1 fully saturated rings. The molecule has 0 spiro atoms. The van der Waals surface area contributed by atoms with Crippen LogP contribution in [0.1, 0.15) is 24.8 Å². The average Bonchev–Trinajstić information content (AvgIpc) is 2.32. The quantitative estimate of drug-likeness (QED) is 0.515. The SMILES string of the molecule is Oc1ccc(C=C=C2CCCCN2O)cc1O. The second-order valence-corrected chi connectivity index (χ2v) is 4.06. The molecule has 0 unspecified atom stereocenters. The van der Waals surface area contributed by atoms with Gasteiger partial charge >= 0.3 is 0 Å². The summed E-state index contributed by atoms with van der Waals surface area (Å²) in [7, 11) is 0. The molecular weight excluding hydrogens is 218 g/mol. The standard InChI is InChI=1S/C13H15NO3/c15-12-7-5-10(9-13(12)16)4-6-11-3-1-2-8-14(11)17/h4-5,7,9,15-17H,1-3,8H2. The van der Waals surface area contributed by atoms with Crippen molar-refractivity contribution in [3.63, 3.8) is 0 Å². The topological polar surface area (TPSA) is 63.9 Å². The number of piperidine rings is 1. The van der Waals surface area contributed by atoms with E-state index >= 15 is 0 Å². The van der Waals surface area contributed by atoms with E-state index in [2.05, 4.69) is 5.73 Å². The fourth-order valence-corrected chi connectivity index (χ4v) is 1.76. The molecule has 0 aromatic heterocycles. The van der Waals surface area contributed by atoms with Crippen LogP contribution in [0.3, 0.4) is 0 Å². The summed E-state index contributed by atoms with van der Waals surface area (Å²) in [5.74, 6) is -0.300. The van der Waals surface area contributed by atoms with Gasteiger partial charge in [0.25, 0.3) is 0 Å². The first kappa shape index (κ1) is 11.6. The van der Waals surface area contributed by atoms with E-state index < -0.39 is 0 Å². The number of rotatable bonds is 1. The molecule has 4 heteroatoms. The molecule has 17 heavy (non-hydrogen) atoms. The molecule has 0 atom stereocenters. The molecule has 0 saturated carbocycles. The van der Waals surface area contributed by atoms with Crippen LogP contribution in [-0.4, -0.2) is 27.0 Å². The lowest BCUT2D eigenvalue weighted by atomic mass is 10.1. The van der Waals surface area contributed by atoms with Crippen LogP contribution in [0.2, 0.25) is 0 Å². The summed E-state index contributed by atoms with van der Waals surface area (Å²) in [6.45, 7) is 0.636. The van der Waals surface area contributed by atoms with Crippen LogP contribution in [0.5, 0.6) is 11.5 Å². The van der Waals surface area contributed by atoms with Crippen LogP contribution < -0.4 is 0 Å². The smallest absolute Gasteiger partial charge is 0.158 e. The Morgan fingerprint density at radius 3 is 2.71 bits per heavy atom. The summed E-state index contributed by atoms with van der Waals surface area (Å²) in [6.07, 6.45) is 4.52. The van der Waals surface area contributed by atoms with E-state index in [0.717, 1.165) is 30.5 Å². The molecular formula is C13H15NO3. The molecule has 3 N–H and O–H groups in total. The molecule has 0 bridgehead atoms. The maximum Gasteiger partial charge on any atom is 0.158 e. The summed E-state index contributed by atoms with van der Waals surface area (Å²) < 4.78 is 0. The van der Waals surface area contributed by atoms with E-state index in [4.69, 9.17) is 5.11 Å². The molecule has 4 nitrogen and oxygen atoms in total. The fourth-order valence-electron chi connectivity index (χ4n) is 1.76. The minimum atomic E-state index is -0.157. The third-order valence-corrected chi connectivity index (χ3v) is 2.75. The highest BCUT2D eigenvalue weighted by atomic mass is 16.5. The molecule has 1 aliphatic rings. The highest BCUT2D eigenvalue weighted by Crippen LogP contribution is 2.25. The van der Waals surface area contributed by atoms with Crippen molar-refractivity contribution in [2.24, 2.45) is 0 Å². The summed E-state index contributed by atoms with van der Waals surface area (Å²) in [5.41, 5.74) is 4.49. The largest absolute Gasteiger partial charge is 0.504 e. The Morgan fingerprint density at radius 1 is 1.18 bits per heavy atom. The maximum absolute atomic E-state index is 9.57. The van der Waals surface area contributed by atoms with Gasteiger partial charge in [-0.25, -0.2) is 0 Å². The van der Waals surface area contributed by atoms with E-state index in [0.29, 0.717) is 6.54 Å². The zero-order chi connectivity index (χ0) is 12.3. The van der Waals surface area contributed by atoms with Gasteiger partial charge in [-0.15, -0.1) is 0 Å². The predicted octanol–water partition coefficient (Wildman–Crippen LogP) is 2.47. The maximum atomic E-state index is 9.57. The van der Waals surface area contributed by atoms with Crippen molar-refractivity contribution in [3.8, 4) is 11.5 Å². The number of benzene rings is 1. The molecule has 0 amide bonds. The van der Waals surface area contributed by atoms with Gasteiger partial charge in [-0.1, -0.05) is 11.8 Å². The molecule has 1 aliphatic heterocycles. The Kier molecular flexibility index (Phi) is 3.38. The van der Waals surface area contributed by atoms with Gasteiger partial charge in [0.2, 0.25) is 0 Å². The second-order valence-electron chi connectivity index (χ2n) is 4.06. The first-order valence-electron chi connectivity index (χ1n) is 5.61. The molecule has 1 saturated heterocycles. The van der Waals surface area contributed by atoms with E-state index in [1.54, 1.807) is 12.1 Å². The third-order valence-electron chi connectivity index (χ3n) is 2.75. The van der Waals surface area contributed by atoms with Crippen molar-refractivity contribution in [1.82, 2.24) is 5.06 Å². The van der Waals surface area contributed by atoms with Crippen LogP contribution in [-0.2, 0) is 0 Å². The zero-order valence-electron chi connectivity index (χ0n) is 9.43. The minimum absolute atomic E-state index is 0.142. The number of nitrogens with zero attached hydrogens (tertiary/aromatic N) is 1. The van der Waals surface area contributed by atoms with Crippen molar-refractivity contribution >= 4 is 6.08 Å². The van der Waals surface area contributed by atoms with Gasteiger partial charge in [-0.2, -0.15) is 0 Å². The Hall–Kier alpha value is -1.90. The Balaban J connectivity index is 2.23. The summed E-state index contributed by atoms with van der Waals surface area (Å²) in [4.78, 5) is 0. The van der Waals surface area contributed by atoms with Crippen LogP contribution in [0.15, 0.2) is 29.6 Å². The zero-order valence-corrected chi connectivity index (χ0v) is 9.43. The molecule has 2 rings (SSSR count). The van der Waals surface area contributed by atoms with Crippen LogP contribution in [0.25, 0.3) is 6.08 Å². The lowest BCUT2D eigenvalue weighted by molar-refractivity contribution is -0.0683. The van der Waals surface area contributed by atoms with Crippen molar-refractivity contribution in [1.29, 1.82) is 0 Å². The van der Waals surface area contributed by atoms with Crippen LogP contribution in [0.4, 0.5) is 0 Å². The second kappa shape index (κ2) is 4.95. The van der Waals surface area contributed by atoms with Gasteiger partial charge in [-0.3, -0.25) is 10.3 Å². The minimum Gasteiger partial charge on any atom is -0.504 e. The Bertz CT molecular complexity index is 476. The average molecular weight is 233 g/mol. The highest BCUT2D eigenvalue weighted by Gasteiger charge is 2.11. The first-order chi connectivity index (χ1) is 8.16. The van der Waals surface area contributed by atoms with Gasteiger partial charge in [0.1, 0.15) is 0 Å². The lowest BCUT2D eigenvalue weighted by Gasteiger charge is -2.23. The van der Waals surface area contributed by atoms with Gasteiger partial charge in [0, 0.05) is 6.54 Å². The van der Waals surface area contributed by atoms with E-state index in [1.807, 2.05) is 0 Å². The number of hydroxylamine groups is 2. The van der Waals surface area contributed by atoms with Crippen molar-refractivity contribution in [2.45, 2.75) is 19.3 Å². The molecule has 1 heterocycles. The molecule has 1 aromatic carbocycles. The lowest BCUT2D eigenvalue weighted by Crippen LogP contribution is -2.23. The van der Waals surface area contributed by atoms with Crippen molar-refractivity contribution in [3.05, 3.63) is 35.2 Å². The molecule has 1 aromatic rings. The highest BCUT2D eigenvalue weighted by molar-refractivity contribution is 5.54. The number of phenolic OH excluding ortho intramolecular Hbond substituents is 2. The number of phenols is 2. The normalized spacial score (nSPS) is 15.6. The van der Waals surface area contributed by atoms with E-state index in [1.165, 1.54) is 17.2 Å². The number of aromatic hydroxyl groups is 2. The Morgan fingerprint density at radius 2 is 2.00 bits per heavy atom. The third kappa shape index (κ3) is 2.81. The number of hydrogen-bond acceptors (Lipinski definition) is 4.